The fraction of sp³-hybridized carbons (Fsp3) is 0.250. The van der Waals surface area contributed by atoms with Gasteiger partial charge in [0.2, 0.25) is 0 Å². The first-order chi connectivity index (χ1) is 14.2. The minimum Gasteiger partial charge on any atom is -0.483 e. The Kier molecular flexibility index (Phi) is 7.82. The van der Waals surface area contributed by atoms with E-state index in [4.69, 9.17) is 17.0 Å². The molecule has 9 nitrogen and oxygen atoms in total. The van der Waals surface area contributed by atoms with Crippen molar-refractivity contribution in [3.63, 3.8) is 0 Å². The molecule has 0 aromatic heterocycles. The molecule has 2 amide bonds. The van der Waals surface area contributed by atoms with Crippen LogP contribution < -0.4 is 20.9 Å². The molecular weight excluding hydrogens is 408 g/mol. The Morgan fingerprint density at radius 2 is 1.80 bits per heavy atom. The van der Waals surface area contributed by atoms with Gasteiger partial charge in [-0.1, -0.05) is 26.0 Å². The largest absolute Gasteiger partial charge is 0.483 e. The molecule has 0 aliphatic rings. The molecule has 0 spiro atoms. The molecule has 0 aliphatic carbocycles. The van der Waals surface area contributed by atoms with Crippen molar-refractivity contribution in [3.05, 3.63) is 69.3 Å². The molecule has 158 valence electrons. The van der Waals surface area contributed by atoms with Crippen molar-refractivity contribution in [2.24, 2.45) is 0 Å². The number of hydrogen-bond donors (Lipinski definition) is 3. The van der Waals surface area contributed by atoms with E-state index in [0.29, 0.717) is 5.75 Å². The number of nitro groups is 1. The van der Waals surface area contributed by atoms with E-state index in [-0.39, 0.29) is 28.9 Å². The molecule has 0 heterocycles. The maximum atomic E-state index is 12.1. The predicted octanol–water partition coefficient (Wildman–Crippen LogP) is 2.74. The fourth-order valence-corrected chi connectivity index (χ4v) is 2.63. The maximum Gasteiger partial charge on any atom is 0.276 e. The van der Waals surface area contributed by atoms with E-state index in [1.165, 1.54) is 24.3 Å². The van der Waals surface area contributed by atoms with Crippen molar-refractivity contribution in [2.75, 3.05) is 6.61 Å². The maximum absolute atomic E-state index is 12.1. The fourth-order valence-electron chi connectivity index (χ4n) is 2.49. The molecule has 3 N–H and O–H groups in total. The van der Waals surface area contributed by atoms with Crippen molar-refractivity contribution in [3.8, 4) is 5.75 Å². The molecule has 0 saturated carbocycles. The van der Waals surface area contributed by atoms with E-state index in [2.05, 4.69) is 16.2 Å². The minimum absolute atomic E-state index is 0.131. The van der Waals surface area contributed by atoms with Crippen LogP contribution in [0.2, 0.25) is 0 Å². The van der Waals surface area contributed by atoms with E-state index >= 15 is 0 Å². The van der Waals surface area contributed by atoms with E-state index in [1.807, 2.05) is 39.0 Å². The third-order valence-electron chi connectivity index (χ3n) is 4.03. The van der Waals surface area contributed by atoms with Crippen molar-refractivity contribution in [1.29, 1.82) is 0 Å². The van der Waals surface area contributed by atoms with Crippen LogP contribution >= 0.6 is 12.2 Å². The Morgan fingerprint density at radius 3 is 2.40 bits per heavy atom. The second-order valence-corrected chi connectivity index (χ2v) is 7.15. The van der Waals surface area contributed by atoms with Crippen LogP contribution in [0.3, 0.4) is 0 Å². The Balaban J connectivity index is 1.82. The number of aryl methyl sites for hydroxylation is 1. The monoisotopic (exact) mass is 430 g/mol. The number of ether oxygens (including phenoxy) is 1. The number of hydrogen-bond acceptors (Lipinski definition) is 6. The molecule has 2 rings (SSSR count). The number of nitrogens with one attached hydrogen (secondary N) is 3. The van der Waals surface area contributed by atoms with Crippen LogP contribution in [-0.2, 0) is 4.79 Å². The first-order valence-corrected chi connectivity index (χ1v) is 9.46. The summed E-state index contributed by atoms with van der Waals surface area (Å²) in [5.41, 5.74) is 6.81. The SMILES string of the molecule is Cc1ccc(C(C)C)c(OCC(=O)NNC(=S)NC(=O)c2ccc([N+](=O)[O-])cc2)c1. The van der Waals surface area contributed by atoms with Crippen LogP contribution in [0.25, 0.3) is 0 Å². The van der Waals surface area contributed by atoms with Gasteiger partial charge in [0.05, 0.1) is 4.92 Å². The highest BCUT2D eigenvalue weighted by Gasteiger charge is 2.13. The zero-order valence-electron chi connectivity index (χ0n) is 16.7. The average Bonchev–Trinajstić information content (AvgIpc) is 2.70. The Bertz CT molecular complexity index is 960. The summed E-state index contributed by atoms with van der Waals surface area (Å²) in [7, 11) is 0. The number of carbonyl (C=O) groups is 2. The first-order valence-electron chi connectivity index (χ1n) is 9.05. The molecule has 0 atom stereocenters. The Hall–Kier alpha value is -3.53. The van der Waals surface area contributed by atoms with Crippen molar-refractivity contribution < 1.29 is 19.2 Å². The van der Waals surface area contributed by atoms with E-state index in [0.717, 1.165) is 11.1 Å². The first kappa shape index (κ1) is 22.8. The third-order valence-corrected chi connectivity index (χ3v) is 4.24. The predicted molar refractivity (Wildman–Crippen MR) is 115 cm³/mol. The normalized spacial score (nSPS) is 10.3. The van der Waals surface area contributed by atoms with Gasteiger partial charge in [0.15, 0.2) is 11.7 Å². The number of benzene rings is 2. The number of nitro benzene ring substituents is 1. The number of non-ortho nitro benzene ring substituents is 1. The lowest BCUT2D eigenvalue weighted by Gasteiger charge is -2.15. The summed E-state index contributed by atoms with van der Waals surface area (Å²) in [4.78, 5) is 34.2. The highest BCUT2D eigenvalue weighted by molar-refractivity contribution is 7.80. The second-order valence-electron chi connectivity index (χ2n) is 6.75. The molecule has 2 aromatic rings. The van der Waals surface area contributed by atoms with Crippen LogP contribution in [0.4, 0.5) is 5.69 Å². The molecule has 10 heteroatoms. The second kappa shape index (κ2) is 10.3. The number of thiocarbonyl (C=S) groups is 1. The zero-order chi connectivity index (χ0) is 22.3. The summed E-state index contributed by atoms with van der Waals surface area (Å²) in [6.07, 6.45) is 0. The summed E-state index contributed by atoms with van der Waals surface area (Å²) in [5, 5.41) is 12.9. The molecule has 0 saturated heterocycles. The molecule has 0 aliphatic heterocycles. The van der Waals surface area contributed by atoms with Crippen molar-refractivity contribution in [1.82, 2.24) is 16.2 Å². The number of hydrazine groups is 1. The number of carbonyl (C=O) groups excluding carboxylic acids is 2. The van der Waals surface area contributed by atoms with Gasteiger partial charge in [-0.2, -0.15) is 0 Å². The molecule has 0 fully saturated rings. The molecule has 0 bridgehead atoms. The topological polar surface area (TPSA) is 123 Å². The van der Waals surface area contributed by atoms with Gasteiger partial charge in [0.25, 0.3) is 17.5 Å². The van der Waals surface area contributed by atoms with Crippen LogP contribution in [0.15, 0.2) is 42.5 Å². The number of nitrogens with zero attached hydrogens (tertiary/aromatic N) is 1. The van der Waals surface area contributed by atoms with Crippen molar-refractivity contribution >= 4 is 34.8 Å². The van der Waals surface area contributed by atoms with Crippen LogP contribution in [-0.4, -0.2) is 28.5 Å². The standard InChI is InChI=1S/C20H22N4O5S/c1-12(2)16-9-4-13(3)10-17(16)29-11-18(25)22-23-20(30)21-19(26)14-5-7-15(8-6-14)24(27)28/h4-10,12H,11H2,1-3H3,(H,22,25)(H2,21,23,26,30). The van der Waals surface area contributed by atoms with Crippen LogP contribution in [0.5, 0.6) is 5.75 Å². The lowest BCUT2D eigenvalue weighted by Crippen LogP contribution is -2.49. The van der Waals surface area contributed by atoms with Gasteiger partial charge in [0.1, 0.15) is 5.75 Å². The Labute approximate surface area is 178 Å². The molecule has 30 heavy (non-hydrogen) atoms. The van der Waals surface area contributed by atoms with Gasteiger partial charge >= 0.3 is 0 Å². The summed E-state index contributed by atoms with van der Waals surface area (Å²) in [6, 6.07) is 10.8. The lowest BCUT2D eigenvalue weighted by atomic mass is 10.0. The summed E-state index contributed by atoms with van der Waals surface area (Å²) < 4.78 is 5.62. The van der Waals surface area contributed by atoms with Gasteiger partial charge in [0, 0.05) is 17.7 Å². The van der Waals surface area contributed by atoms with Gasteiger partial charge < -0.3 is 4.74 Å². The third kappa shape index (κ3) is 6.52. The zero-order valence-corrected chi connectivity index (χ0v) is 17.5. The van der Waals surface area contributed by atoms with E-state index < -0.39 is 16.7 Å². The Morgan fingerprint density at radius 1 is 1.13 bits per heavy atom. The van der Waals surface area contributed by atoms with E-state index in [9.17, 15) is 19.7 Å². The van der Waals surface area contributed by atoms with Gasteiger partial charge in [-0.3, -0.25) is 35.9 Å². The van der Waals surface area contributed by atoms with Gasteiger partial charge in [-0.15, -0.1) is 0 Å². The highest BCUT2D eigenvalue weighted by Crippen LogP contribution is 2.27. The highest BCUT2D eigenvalue weighted by atomic mass is 32.1. The van der Waals surface area contributed by atoms with Gasteiger partial charge in [-0.05, 0) is 54.4 Å². The van der Waals surface area contributed by atoms with E-state index in [1.54, 1.807) is 0 Å². The molecular formula is C20H22N4O5S. The summed E-state index contributed by atoms with van der Waals surface area (Å²) in [5.74, 6) is -0.189. The summed E-state index contributed by atoms with van der Waals surface area (Å²) >= 11 is 4.96. The van der Waals surface area contributed by atoms with Crippen molar-refractivity contribution in [2.45, 2.75) is 26.7 Å². The average molecular weight is 430 g/mol. The van der Waals surface area contributed by atoms with Crippen LogP contribution in [0, 0.1) is 17.0 Å². The molecule has 0 radical (unpaired) electrons. The molecule has 0 unspecified atom stereocenters. The molecule has 2 aromatic carbocycles. The number of amides is 2. The minimum atomic E-state index is -0.575. The number of rotatable bonds is 6. The lowest BCUT2D eigenvalue weighted by molar-refractivity contribution is -0.384. The van der Waals surface area contributed by atoms with Gasteiger partial charge in [-0.25, -0.2) is 0 Å². The quantitative estimate of drug-likeness (QED) is 0.366. The summed E-state index contributed by atoms with van der Waals surface area (Å²) in [6.45, 7) is 5.76. The van der Waals surface area contributed by atoms with Crippen LogP contribution in [0.1, 0.15) is 41.3 Å². The smallest absolute Gasteiger partial charge is 0.276 e.